The molecule has 1 saturated heterocycles. The third-order valence-electron chi connectivity index (χ3n) is 5.88. The van der Waals surface area contributed by atoms with Gasteiger partial charge in [-0.3, -0.25) is 14.2 Å². The number of rotatable bonds is 6. The summed E-state index contributed by atoms with van der Waals surface area (Å²) in [5, 5.41) is 15.3. The minimum atomic E-state index is 0.257. The lowest BCUT2D eigenvalue weighted by Gasteiger charge is -2.21. The molecule has 2 N–H and O–H groups in total. The first-order valence-electron chi connectivity index (χ1n) is 10.9. The van der Waals surface area contributed by atoms with Gasteiger partial charge in [0.15, 0.2) is 11.6 Å². The number of nitrogens with one attached hydrogen (secondary N) is 2. The predicted molar refractivity (Wildman–Crippen MR) is 113 cm³/mol. The molecular formula is C21H31N7O. The van der Waals surface area contributed by atoms with Crippen molar-refractivity contribution in [3.63, 3.8) is 0 Å². The average Bonchev–Trinajstić information content (AvgIpc) is 3.49. The largest absolute Gasteiger partial charge is 0.357 e. The Balaban J connectivity index is 1.31. The number of carbonyl (C=O) groups excluding carboxylic acids is 1. The van der Waals surface area contributed by atoms with Gasteiger partial charge < -0.3 is 15.5 Å². The van der Waals surface area contributed by atoms with E-state index in [1.54, 1.807) is 0 Å². The molecule has 8 nitrogen and oxygen atoms in total. The lowest BCUT2D eigenvalue weighted by atomic mass is 10.1. The number of likely N-dealkylation sites (tertiary alicyclic amines) is 1. The quantitative estimate of drug-likeness (QED) is 0.571. The molecule has 0 radical (unpaired) electrons. The molecular weight excluding hydrogens is 366 g/mol. The monoisotopic (exact) mass is 397 g/mol. The van der Waals surface area contributed by atoms with Crippen molar-refractivity contribution in [2.24, 2.45) is 10.9 Å². The predicted octanol–water partition coefficient (Wildman–Crippen LogP) is 1.62. The molecule has 1 aliphatic heterocycles. The molecule has 2 fully saturated rings. The molecule has 1 saturated carbocycles. The number of amides is 1. The Morgan fingerprint density at radius 1 is 1.24 bits per heavy atom. The molecule has 4 rings (SSSR count). The highest BCUT2D eigenvalue weighted by atomic mass is 16.2. The fraction of sp³-hybridized carbons (Fsp3) is 0.619. The van der Waals surface area contributed by atoms with Crippen molar-refractivity contribution < 1.29 is 4.79 Å². The molecule has 8 heteroatoms. The summed E-state index contributed by atoms with van der Waals surface area (Å²) in [7, 11) is 0. The van der Waals surface area contributed by atoms with Crippen LogP contribution in [-0.2, 0) is 11.2 Å². The maximum atomic E-state index is 12.7. The topological polar surface area (TPSA) is 86.9 Å². The van der Waals surface area contributed by atoms with Crippen molar-refractivity contribution in [2.75, 3.05) is 26.2 Å². The van der Waals surface area contributed by atoms with E-state index >= 15 is 0 Å². The van der Waals surface area contributed by atoms with E-state index in [0.29, 0.717) is 12.5 Å². The zero-order valence-electron chi connectivity index (χ0n) is 17.2. The molecule has 156 valence electrons. The number of hydrogen-bond acceptors (Lipinski definition) is 4. The molecule has 3 heterocycles. The molecule has 1 aliphatic carbocycles. The highest BCUT2D eigenvalue weighted by molar-refractivity contribution is 5.81. The second kappa shape index (κ2) is 9.24. The van der Waals surface area contributed by atoms with Crippen molar-refractivity contribution in [3.8, 4) is 0 Å². The van der Waals surface area contributed by atoms with E-state index in [1.807, 2.05) is 33.7 Å². The third-order valence-corrected chi connectivity index (χ3v) is 5.88. The van der Waals surface area contributed by atoms with Crippen LogP contribution >= 0.6 is 0 Å². The summed E-state index contributed by atoms with van der Waals surface area (Å²) >= 11 is 0. The van der Waals surface area contributed by atoms with Gasteiger partial charge in [-0.25, -0.2) is 0 Å². The van der Waals surface area contributed by atoms with Crippen molar-refractivity contribution in [3.05, 3.63) is 30.2 Å². The van der Waals surface area contributed by atoms with E-state index in [0.717, 1.165) is 62.7 Å². The first-order valence-corrected chi connectivity index (χ1v) is 10.9. The van der Waals surface area contributed by atoms with Crippen LogP contribution in [0.3, 0.4) is 0 Å². The maximum absolute atomic E-state index is 12.7. The van der Waals surface area contributed by atoms with E-state index in [9.17, 15) is 4.79 Å². The number of hydrogen-bond donors (Lipinski definition) is 2. The van der Waals surface area contributed by atoms with Crippen LogP contribution in [0.1, 0.15) is 44.9 Å². The van der Waals surface area contributed by atoms with Crippen molar-refractivity contribution >= 4 is 17.5 Å². The van der Waals surface area contributed by atoms with Gasteiger partial charge in [0.1, 0.15) is 5.82 Å². The van der Waals surface area contributed by atoms with E-state index < -0.39 is 0 Å². The zero-order valence-corrected chi connectivity index (χ0v) is 17.2. The zero-order chi connectivity index (χ0) is 20.1. The Morgan fingerprint density at radius 2 is 2.10 bits per heavy atom. The van der Waals surface area contributed by atoms with Crippen molar-refractivity contribution in [1.29, 1.82) is 0 Å². The van der Waals surface area contributed by atoms with Gasteiger partial charge in [-0.1, -0.05) is 18.9 Å². The summed E-state index contributed by atoms with van der Waals surface area (Å²) in [5.74, 6) is 2.33. The molecule has 2 aliphatic rings. The molecule has 2 aromatic rings. The van der Waals surface area contributed by atoms with Crippen LogP contribution in [0, 0.1) is 5.92 Å². The lowest BCUT2D eigenvalue weighted by Crippen LogP contribution is -2.45. The van der Waals surface area contributed by atoms with E-state index in [-0.39, 0.29) is 12.0 Å². The van der Waals surface area contributed by atoms with Crippen molar-refractivity contribution in [2.45, 2.75) is 51.5 Å². The van der Waals surface area contributed by atoms with Crippen LogP contribution in [0.15, 0.2) is 29.4 Å². The summed E-state index contributed by atoms with van der Waals surface area (Å²) in [6.45, 7) is 5.11. The van der Waals surface area contributed by atoms with Crippen molar-refractivity contribution in [1.82, 2.24) is 30.1 Å². The van der Waals surface area contributed by atoms with Crippen LogP contribution in [0.25, 0.3) is 5.65 Å². The van der Waals surface area contributed by atoms with Gasteiger partial charge in [0.2, 0.25) is 5.91 Å². The van der Waals surface area contributed by atoms with Gasteiger partial charge in [0.05, 0.1) is 0 Å². The SMILES string of the molecule is CCNC(=NCCc1nnc2ccccn12)NC1CCN(C(=O)C2CCCC2)C1. The van der Waals surface area contributed by atoms with Gasteiger partial charge in [-0.2, -0.15) is 0 Å². The number of aliphatic imine (C=N–C) groups is 1. The van der Waals surface area contributed by atoms with Gasteiger partial charge in [0, 0.05) is 50.8 Å². The molecule has 29 heavy (non-hydrogen) atoms. The second-order valence-electron chi connectivity index (χ2n) is 7.95. The fourth-order valence-corrected chi connectivity index (χ4v) is 4.35. The normalized spacial score (nSPS) is 20.5. The molecule has 1 amide bonds. The van der Waals surface area contributed by atoms with Crippen LogP contribution < -0.4 is 10.6 Å². The van der Waals surface area contributed by atoms with E-state index in [4.69, 9.17) is 4.99 Å². The Morgan fingerprint density at radius 3 is 2.93 bits per heavy atom. The number of pyridine rings is 1. The number of aromatic nitrogens is 3. The lowest BCUT2D eigenvalue weighted by molar-refractivity contribution is -0.134. The fourth-order valence-electron chi connectivity index (χ4n) is 4.35. The third kappa shape index (κ3) is 4.68. The van der Waals surface area contributed by atoms with Gasteiger partial charge in [-0.15, -0.1) is 10.2 Å². The Labute approximate surface area is 171 Å². The molecule has 2 aromatic heterocycles. The Hall–Kier alpha value is -2.64. The van der Waals surface area contributed by atoms with Crippen LogP contribution in [-0.4, -0.2) is 63.6 Å². The summed E-state index contributed by atoms with van der Waals surface area (Å²) in [5.41, 5.74) is 0.856. The second-order valence-corrected chi connectivity index (χ2v) is 7.95. The molecule has 0 spiro atoms. The minimum absolute atomic E-state index is 0.257. The standard InChI is InChI=1S/C21H31N7O/c1-2-22-21(23-12-10-19-26-25-18-9-5-6-13-28(18)19)24-17-11-14-27(15-17)20(29)16-7-3-4-8-16/h5-6,9,13,16-17H,2-4,7-8,10-12,14-15H2,1H3,(H2,22,23,24). The Kier molecular flexibility index (Phi) is 6.27. The van der Waals surface area contributed by atoms with Crippen LogP contribution in [0.4, 0.5) is 0 Å². The summed E-state index contributed by atoms with van der Waals surface area (Å²) in [6, 6.07) is 6.14. The highest BCUT2D eigenvalue weighted by Crippen LogP contribution is 2.27. The van der Waals surface area contributed by atoms with Crippen LogP contribution in [0.5, 0.6) is 0 Å². The van der Waals surface area contributed by atoms with E-state index in [1.165, 1.54) is 12.8 Å². The summed E-state index contributed by atoms with van der Waals surface area (Å²) in [4.78, 5) is 19.4. The summed E-state index contributed by atoms with van der Waals surface area (Å²) < 4.78 is 2.00. The molecule has 0 aromatic carbocycles. The van der Waals surface area contributed by atoms with E-state index in [2.05, 4.69) is 27.8 Å². The first-order chi connectivity index (χ1) is 14.2. The minimum Gasteiger partial charge on any atom is -0.357 e. The Bertz CT molecular complexity index is 856. The smallest absolute Gasteiger partial charge is 0.225 e. The summed E-state index contributed by atoms with van der Waals surface area (Å²) in [6.07, 6.45) is 8.20. The number of nitrogens with zero attached hydrogens (tertiary/aromatic N) is 5. The molecule has 1 unspecified atom stereocenters. The number of carbonyl (C=O) groups is 1. The van der Waals surface area contributed by atoms with Gasteiger partial charge >= 0.3 is 0 Å². The average molecular weight is 398 g/mol. The van der Waals surface area contributed by atoms with Gasteiger partial charge in [0.25, 0.3) is 0 Å². The molecule has 0 bridgehead atoms. The maximum Gasteiger partial charge on any atom is 0.225 e. The first kappa shape index (κ1) is 19.7. The van der Waals surface area contributed by atoms with Gasteiger partial charge in [-0.05, 0) is 38.3 Å². The van der Waals surface area contributed by atoms with Crippen LogP contribution in [0.2, 0.25) is 0 Å². The number of fused-ring (bicyclic) bond motifs is 1. The highest BCUT2D eigenvalue weighted by Gasteiger charge is 2.32. The number of guanidine groups is 1. The molecule has 1 atom stereocenters.